The van der Waals surface area contributed by atoms with Crippen molar-refractivity contribution < 1.29 is 18.7 Å². The average Bonchev–Trinajstić information content (AvgIpc) is 2.67. The summed E-state index contributed by atoms with van der Waals surface area (Å²) >= 11 is 0. The Kier molecular flexibility index (Phi) is 5.59. The van der Waals surface area contributed by atoms with E-state index in [-0.39, 0.29) is 35.6 Å². The summed E-state index contributed by atoms with van der Waals surface area (Å²) < 4.78 is 19.4. The number of likely N-dealkylation sites (N-methyl/N-ethyl adjacent to an activating group) is 1. The number of nitrogens with one attached hydrogen (secondary N) is 1. The Morgan fingerprint density at radius 2 is 2.00 bits per heavy atom. The minimum Gasteiger partial charge on any atom is -0.490 e. The third-order valence-corrected chi connectivity index (χ3v) is 5.45. The number of nitrogens with zero attached hydrogens (tertiary/aromatic N) is 1. The molecule has 1 aromatic rings. The summed E-state index contributed by atoms with van der Waals surface area (Å²) in [4.78, 5) is 26.3. The van der Waals surface area contributed by atoms with E-state index in [1.807, 2.05) is 7.05 Å². The number of halogens is 1. The first-order valence-corrected chi connectivity index (χ1v) is 9.12. The zero-order valence-corrected chi connectivity index (χ0v) is 15.0. The van der Waals surface area contributed by atoms with Gasteiger partial charge in [0.15, 0.2) is 11.6 Å². The van der Waals surface area contributed by atoms with Crippen LogP contribution < -0.4 is 10.1 Å². The molecule has 0 bridgehead atoms. The second-order valence-corrected chi connectivity index (χ2v) is 7.02. The third kappa shape index (κ3) is 3.74. The van der Waals surface area contributed by atoms with Gasteiger partial charge in [0.25, 0.3) is 0 Å². The number of carbonyl (C=O) groups is 2. The summed E-state index contributed by atoms with van der Waals surface area (Å²) in [5.41, 5.74) is 0.639. The lowest BCUT2D eigenvalue weighted by Crippen LogP contribution is -2.46. The molecule has 1 aromatic carbocycles. The summed E-state index contributed by atoms with van der Waals surface area (Å²) in [6, 6.07) is 5.03. The molecule has 0 radical (unpaired) electrons. The van der Waals surface area contributed by atoms with Crippen molar-refractivity contribution in [3.05, 3.63) is 42.2 Å². The molecule has 140 valence electrons. The van der Waals surface area contributed by atoms with Crippen LogP contribution in [0, 0.1) is 5.82 Å². The van der Waals surface area contributed by atoms with Crippen LogP contribution in [0.5, 0.6) is 5.75 Å². The van der Waals surface area contributed by atoms with Crippen LogP contribution in [0.2, 0.25) is 0 Å². The molecular formula is C20H25FN2O3. The molecule has 0 aromatic heterocycles. The zero-order chi connectivity index (χ0) is 18.7. The van der Waals surface area contributed by atoms with Gasteiger partial charge >= 0.3 is 0 Å². The maximum absolute atomic E-state index is 13.9. The first-order chi connectivity index (χ1) is 12.5. The van der Waals surface area contributed by atoms with Crippen molar-refractivity contribution in [2.45, 2.75) is 50.1 Å². The lowest BCUT2D eigenvalue weighted by atomic mass is 9.87. The van der Waals surface area contributed by atoms with Crippen molar-refractivity contribution in [1.82, 2.24) is 10.2 Å². The van der Waals surface area contributed by atoms with Gasteiger partial charge < -0.3 is 15.0 Å². The fraction of sp³-hybridized carbons (Fsp3) is 0.500. The first-order valence-electron chi connectivity index (χ1n) is 9.12. The lowest BCUT2D eigenvalue weighted by Gasteiger charge is -2.37. The van der Waals surface area contributed by atoms with Crippen LogP contribution in [0.15, 0.2) is 30.9 Å². The van der Waals surface area contributed by atoms with Gasteiger partial charge in [0.2, 0.25) is 11.8 Å². The largest absolute Gasteiger partial charge is 0.490 e. The SMILES string of the molecule is C=CC(=O)NC1CCC(N(C)C(=O)C2CCOc3c(F)cccc32)CC1. The highest BCUT2D eigenvalue weighted by molar-refractivity contribution is 5.87. The quantitative estimate of drug-likeness (QED) is 0.840. The molecule has 1 N–H and O–H groups in total. The Labute approximate surface area is 153 Å². The Bertz CT molecular complexity index is 698. The molecule has 0 saturated heterocycles. The van der Waals surface area contributed by atoms with E-state index >= 15 is 0 Å². The van der Waals surface area contributed by atoms with Crippen LogP contribution in [0.4, 0.5) is 4.39 Å². The fourth-order valence-corrected chi connectivity index (χ4v) is 3.94. The highest BCUT2D eigenvalue weighted by Gasteiger charge is 2.34. The maximum Gasteiger partial charge on any atom is 0.243 e. The predicted octanol–water partition coefficient (Wildman–Crippen LogP) is 2.76. The summed E-state index contributed by atoms with van der Waals surface area (Å²) in [6.45, 7) is 3.81. The number of para-hydroxylation sites is 1. The third-order valence-electron chi connectivity index (χ3n) is 5.45. The molecule has 1 unspecified atom stereocenters. The van der Waals surface area contributed by atoms with Crippen molar-refractivity contribution in [3.8, 4) is 5.75 Å². The monoisotopic (exact) mass is 360 g/mol. The molecule has 2 amide bonds. The summed E-state index contributed by atoms with van der Waals surface area (Å²) in [6.07, 6.45) is 5.18. The van der Waals surface area contributed by atoms with E-state index in [2.05, 4.69) is 11.9 Å². The topological polar surface area (TPSA) is 58.6 Å². The van der Waals surface area contributed by atoms with Crippen molar-refractivity contribution in [2.24, 2.45) is 0 Å². The normalized spacial score (nSPS) is 24.8. The van der Waals surface area contributed by atoms with Gasteiger partial charge in [0.1, 0.15) is 0 Å². The molecule has 1 saturated carbocycles. The van der Waals surface area contributed by atoms with Crippen molar-refractivity contribution >= 4 is 11.8 Å². The van der Waals surface area contributed by atoms with Gasteiger partial charge in [-0.15, -0.1) is 0 Å². The van der Waals surface area contributed by atoms with Gasteiger partial charge in [-0.1, -0.05) is 18.7 Å². The van der Waals surface area contributed by atoms with E-state index < -0.39 is 5.82 Å². The number of rotatable bonds is 4. The molecular weight excluding hydrogens is 335 g/mol. The molecule has 1 atom stereocenters. The minimum atomic E-state index is -0.416. The van der Waals surface area contributed by atoms with Gasteiger partial charge in [-0.2, -0.15) is 0 Å². The van der Waals surface area contributed by atoms with Crippen molar-refractivity contribution in [3.63, 3.8) is 0 Å². The summed E-state index contributed by atoms with van der Waals surface area (Å²) in [7, 11) is 1.82. The zero-order valence-electron chi connectivity index (χ0n) is 15.0. The smallest absolute Gasteiger partial charge is 0.243 e. The van der Waals surface area contributed by atoms with E-state index in [4.69, 9.17) is 4.74 Å². The minimum absolute atomic E-state index is 0.0127. The number of fused-ring (bicyclic) bond motifs is 1. The molecule has 0 spiro atoms. The number of benzene rings is 1. The highest BCUT2D eigenvalue weighted by atomic mass is 19.1. The van der Waals surface area contributed by atoms with Gasteiger partial charge in [-0.05, 0) is 44.2 Å². The molecule has 26 heavy (non-hydrogen) atoms. The van der Waals surface area contributed by atoms with E-state index in [0.29, 0.717) is 18.6 Å². The van der Waals surface area contributed by atoms with Crippen LogP contribution in [-0.4, -0.2) is 42.5 Å². The van der Waals surface area contributed by atoms with E-state index in [9.17, 15) is 14.0 Å². The predicted molar refractivity (Wildman–Crippen MR) is 96.4 cm³/mol. The second kappa shape index (κ2) is 7.89. The van der Waals surface area contributed by atoms with Crippen LogP contribution in [0.25, 0.3) is 0 Å². The van der Waals surface area contributed by atoms with Crippen LogP contribution >= 0.6 is 0 Å². The molecule has 2 aliphatic rings. The second-order valence-electron chi connectivity index (χ2n) is 7.02. The summed E-state index contributed by atoms with van der Waals surface area (Å²) in [5, 5.41) is 2.92. The van der Waals surface area contributed by atoms with Gasteiger partial charge in [0, 0.05) is 24.7 Å². The maximum atomic E-state index is 13.9. The molecule has 1 aliphatic carbocycles. The van der Waals surface area contributed by atoms with E-state index in [0.717, 1.165) is 25.7 Å². The molecule has 1 aliphatic heterocycles. The van der Waals surface area contributed by atoms with Gasteiger partial charge in [-0.25, -0.2) is 4.39 Å². The number of hydrogen-bond acceptors (Lipinski definition) is 3. The van der Waals surface area contributed by atoms with Crippen molar-refractivity contribution in [2.75, 3.05) is 13.7 Å². The van der Waals surface area contributed by atoms with Gasteiger partial charge in [0.05, 0.1) is 12.5 Å². The standard InChI is InChI=1S/C20H25FN2O3/c1-3-18(24)22-13-7-9-14(10-8-13)23(2)20(25)16-11-12-26-19-15(16)5-4-6-17(19)21/h3-6,13-14,16H,1,7-12H2,2H3,(H,22,24). The van der Waals surface area contributed by atoms with E-state index in [1.165, 1.54) is 12.1 Å². The molecule has 1 heterocycles. The van der Waals surface area contributed by atoms with Crippen LogP contribution in [0.3, 0.4) is 0 Å². The Balaban J connectivity index is 1.64. The Hall–Kier alpha value is -2.37. The Morgan fingerprint density at radius 3 is 2.69 bits per heavy atom. The molecule has 6 heteroatoms. The van der Waals surface area contributed by atoms with Crippen LogP contribution in [-0.2, 0) is 9.59 Å². The molecule has 3 rings (SSSR count). The first kappa shape index (κ1) is 18.4. The molecule has 1 fully saturated rings. The van der Waals surface area contributed by atoms with Gasteiger partial charge in [-0.3, -0.25) is 9.59 Å². The number of amides is 2. The fourth-order valence-electron chi connectivity index (χ4n) is 3.94. The van der Waals surface area contributed by atoms with Crippen molar-refractivity contribution in [1.29, 1.82) is 0 Å². The number of hydrogen-bond donors (Lipinski definition) is 1. The number of ether oxygens (including phenoxy) is 1. The Morgan fingerprint density at radius 1 is 1.27 bits per heavy atom. The molecule has 5 nitrogen and oxygen atoms in total. The highest BCUT2D eigenvalue weighted by Crippen LogP contribution is 2.37. The van der Waals surface area contributed by atoms with Crippen LogP contribution in [0.1, 0.15) is 43.6 Å². The van der Waals surface area contributed by atoms with E-state index in [1.54, 1.807) is 17.0 Å². The lowest BCUT2D eigenvalue weighted by molar-refractivity contribution is -0.135. The number of carbonyl (C=O) groups excluding carboxylic acids is 2. The average molecular weight is 360 g/mol. The summed E-state index contributed by atoms with van der Waals surface area (Å²) in [5.74, 6) is -0.711.